The number of nitrogens with one attached hydrogen (secondary N) is 1. The Morgan fingerprint density at radius 3 is 2.84 bits per heavy atom. The molecule has 0 aliphatic carbocycles. The van der Waals surface area contributed by atoms with Gasteiger partial charge in [0.1, 0.15) is 5.69 Å². The quantitative estimate of drug-likeness (QED) is 0.755. The van der Waals surface area contributed by atoms with Crippen molar-refractivity contribution in [2.24, 2.45) is 0 Å². The highest BCUT2D eigenvalue weighted by Gasteiger charge is 2.13. The van der Waals surface area contributed by atoms with Crippen molar-refractivity contribution < 1.29 is 19.1 Å². The fourth-order valence-electron chi connectivity index (χ4n) is 1.99. The molecular weight excluding hydrogens is 246 g/mol. The second kappa shape index (κ2) is 4.20. The number of para-hydroxylation sites is 1. The van der Waals surface area contributed by atoms with Gasteiger partial charge in [0, 0.05) is 5.39 Å². The molecule has 0 radical (unpaired) electrons. The first kappa shape index (κ1) is 11.4. The van der Waals surface area contributed by atoms with Gasteiger partial charge in [-0.3, -0.25) is 0 Å². The monoisotopic (exact) mass is 257 g/mol. The number of benzene rings is 1. The molecule has 2 N–H and O–H groups in total. The Bertz CT molecular complexity index is 754. The first-order chi connectivity index (χ1) is 9.19. The normalized spacial score (nSPS) is 10.8. The Morgan fingerprint density at radius 2 is 2.16 bits per heavy atom. The van der Waals surface area contributed by atoms with E-state index in [-0.39, 0.29) is 5.69 Å². The van der Waals surface area contributed by atoms with Crippen LogP contribution in [-0.2, 0) is 0 Å². The molecule has 0 spiro atoms. The number of methoxy groups -OCH3 is 1. The van der Waals surface area contributed by atoms with Gasteiger partial charge in [-0.1, -0.05) is 12.1 Å². The minimum Gasteiger partial charge on any atom is -0.493 e. The lowest BCUT2D eigenvalue weighted by molar-refractivity contribution is 0.0691. The Kier molecular flexibility index (Phi) is 2.52. The largest absolute Gasteiger partial charge is 0.493 e. The van der Waals surface area contributed by atoms with Crippen LogP contribution in [0.1, 0.15) is 10.5 Å². The summed E-state index contributed by atoms with van der Waals surface area (Å²) < 4.78 is 10.9. The minimum absolute atomic E-state index is 0.127. The van der Waals surface area contributed by atoms with Crippen LogP contribution in [0.5, 0.6) is 5.75 Å². The minimum atomic E-state index is -1.00. The number of aromatic carboxylic acids is 1. The van der Waals surface area contributed by atoms with E-state index in [4.69, 9.17) is 14.3 Å². The van der Waals surface area contributed by atoms with E-state index in [1.807, 2.05) is 24.3 Å². The van der Waals surface area contributed by atoms with E-state index < -0.39 is 5.97 Å². The van der Waals surface area contributed by atoms with Crippen molar-refractivity contribution in [2.75, 3.05) is 7.11 Å². The van der Waals surface area contributed by atoms with Crippen molar-refractivity contribution in [1.29, 1.82) is 0 Å². The molecule has 0 aliphatic heterocycles. The highest BCUT2D eigenvalue weighted by atomic mass is 16.5. The molecule has 0 amide bonds. The predicted molar refractivity (Wildman–Crippen MR) is 69.5 cm³/mol. The molecule has 2 aromatic heterocycles. The number of carbonyl (C=O) groups is 1. The third-order valence-electron chi connectivity index (χ3n) is 2.91. The van der Waals surface area contributed by atoms with Crippen LogP contribution in [0.3, 0.4) is 0 Å². The second-order valence-corrected chi connectivity index (χ2v) is 4.08. The highest BCUT2D eigenvalue weighted by Crippen LogP contribution is 2.32. The molecule has 0 atom stereocenters. The van der Waals surface area contributed by atoms with E-state index in [1.165, 1.54) is 6.07 Å². The smallest absolute Gasteiger partial charge is 0.352 e. The first-order valence-corrected chi connectivity index (χ1v) is 5.68. The van der Waals surface area contributed by atoms with Crippen molar-refractivity contribution in [2.45, 2.75) is 0 Å². The maximum atomic E-state index is 10.8. The lowest BCUT2D eigenvalue weighted by atomic mass is 10.2. The Morgan fingerprint density at radius 1 is 1.32 bits per heavy atom. The van der Waals surface area contributed by atoms with Crippen molar-refractivity contribution >= 4 is 16.9 Å². The van der Waals surface area contributed by atoms with Gasteiger partial charge in [-0.2, -0.15) is 0 Å². The molecule has 3 rings (SSSR count). The molecule has 3 aromatic rings. The molecule has 0 aliphatic rings. The number of rotatable bonds is 3. The van der Waals surface area contributed by atoms with E-state index in [9.17, 15) is 4.79 Å². The average molecular weight is 257 g/mol. The van der Waals surface area contributed by atoms with Crippen LogP contribution in [0.15, 0.2) is 40.8 Å². The van der Waals surface area contributed by atoms with E-state index in [0.29, 0.717) is 22.8 Å². The van der Waals surface area contributed by atoms with Gasteiger partial charge in [0.05, 0.1) is 12.8 Å². The van der Waals surface area contributed by atoms with Crippen LogP contribution in [0, 0.1) is 0 Å². The van der Waals surface area contributed by atoms with Gasteiger partial charge in [0.2, 0.25) is 0 Å². The van der Waals surface area contributed by atoms with Crippen molar-refractivity contribution in [1.82, 2.24) is 4.98 Å². The summed E-state index contributed by atoms with van der Waals surface area (Å²) in [4.78, 5) is 13.6. The molecule has 0 unspecified atom stereocenters. The zero-order chi connectivity index (χ0) is 13.4. The molecule has 5 heteroatoms. The van der Waals surface area contributed by atoms with E-state index in [2.05, 4.69) is 4.98 Å². The standard InChI is InChI=1S/C14H11NO4/c1-18-11-4-2-3-8-7-12(19-13(8)11)9-5-6-10(15-9)14(16)17/h2-7,15H,1H3,(H,16,17). The van der Waals surface area contributed by atoms with Gasteiger partial charge in [0.15, 0.2) is 17.1 Å². The van der Waals surface area contributed by atoms with Crippen LogP contribution in [0.2, 0.25) is 0 Å². The van der Waals surface area contributed by atoms with E-state index in [1.54, 1.807) is 13.2 Å². The molecular formula is C14H11NO4. The van der Waals surface area contributed by atoms with Crippen molar-refractivity contribution in [3.05, 3.63) is 42.1 Å². The third kappa shape index (κ3) is 1.85. The van der Waals surface area contributed by atoms with E-state index in [0.717, 1.165) is 5.39 Å². The third-order valence-corrected chi connectivity index (χ3v) is 2.91. The Balaban J connectivity index is 2.12. The number of fused-ring (bicyclic) bond motifs is 1. The molecule has 2 heterocycles. The molecule has 1 aromatic carbocycles. The second-order valence-electron chi connectivity index (χ2n) is 4.08. The summed E-state index contributed by atoms with van der Waals surface area (Å²) >= 11 is 0. The number of aromatic nitrogens is 1. The van der Waals surface area contributed by atoms with Gasteiger partial charge in [-0.05, 0) is 24.3 Å². The summed E-state index contributed by atoms with van der Waals surface area (Å²) in [6, 6.07) is 10.6. The Hall–Kier alpha value is -2.69. The van der Waals surface area contributed by atoms with Crippen molar-refractivity contribution in [3.63, 3.8) is 0 Å². The number of aromatic amines is 1. The zero-order valence-electron chi connectivity index (χ0n) is 10.1. The van der Waals surface area contributed by atoms with Crippen LogP contribution >= 0.6 is 0 Å². The lowest BCUT2D eigenvalue weighted by Crippen LogP contribution is -1.95. The molecule has 0 fully saturated rings. The molecule has 19 heavy (non-hydrogen) atoms. The molecule has 0 saturated carbocycles. The number of H-pyrrole nitrogens is 1. The van der Waals surface area contributed by atoms with Crippen LogP contribution in [0.25, 0.3) is 22.4 Å². The molecule has 0 saturated heterocycles. The van der Waals surface area contributed by atoms with Crippen LogP contribution in [0.4, 0.5) is 0 Å². The van der Waals surface area contributed by atoms with E-state index >= 15 is 0 Å². The van der Waals surface area contributed by atoms with Gasteiger partial charge in [-0.25, -0.2) is 4.79 Å². The van der Waals surface area contributed by atoms with Crippen LogP contribution < -0.4 is 4.74 Å². The highest BCUT2D eigenvalue weighted by molar-refractivity contribution is 5.89. The number of carboxylic acids is 1. The summed E-state index contributed by atoms with van der Waals surface area (Å²) in [5.41, 5.74) is 1.39. The summed E-state index contributed by atoms with van der Waals surface area (Å²) in [6.07, 6.45) is 0. The zero-order valence-corrected chi connectivity index (χ0v) is 10.1. The van der Waals surface area contributed by atoms with Gasteiger partial charge < -0.3 is 19.2 Å². The molecule has 96 valence electrons. The summed E-state index contributed by atoms with van der Waals surface area (Å²) in [7, 11) is 1.58. The van der Waals surface area contributed by atoms with Gasteiger partial charge in [0.25, 0.3) is 0 Å². The fraction of sp³-hybridized carbons (Fsp3) is 0.0714. The van der Waals surface area contributed by atoms with Gasteiger partial charge in [-0.15, -0.1) is 0 Å². The first-order valence-electron chi connectivity index (χ1n) is 5.68. The fourth-order valence-corrected chi connectivity index (χ4v) is 1.99. The topological polar surface area (TPSA) is 75.5 Å². The van der Waals surface area contributed by atoms with Crippen LogP contribution in [-0.4, -0.2) is 23.2 Å². The number of carboxylic acid groups (broad SMARTS) is 1. The molecule has 5 nitrogen and oxygen atoms in total. The Labute approximate surface area is 108 Å². The SMILES string of the molecule is COc1cccc2cc(-c3ccc(C(=O)O)[nH]3)oc12. The maximum absolute atomic E-state index is 10.8. The number of hydrogen-bond acceptors (Lipinski definition) is 3. The lowest BCUT2D eigenvalue weighted by Gasteiger charge is -1.98. The average Bonchev–Trinajstić information content (AvgIpc) is 3.04. The molecule has 0 bridgehead atoms. The van der Waals surface area contributed by atoms with Gasteiger partial charge >= 0.3 is 5.97 Å². The van der Waals surface area contributed by atoms with Crippen molar-refractivity contribution in [3.8, 4) is 17.2 Å². The summed E-state index contributed by atoms with van der Waals surface area (Å²) in [6.45, 7) is 0. The number of furan rings is 1. The maximum Gasteiger partial charge on any atom is 0.352 e. The summed E-state index contributed by atoms with van der Waals surface area (Å²) in [5, 5.41) is 9.79. The number of hydrogen-bond donors (Lipinski definition) is 2. The predicted octanol–water partition coefficient (Wildman–Crippen LogP) is 3.13. The summed E-state index contributed by atoms with van der Waals surface area (Å²) in [5.74, 6) is 0.223. The number of ether oxygens (including phenoxy) is 1.